The van der Waals surface area contributed by atoms with Crippen LogP contribution in [0.2, 0.25) is 5.02 Å². The molecule has 0 bridgehead atoms. The Bertz CT molecular complexity index is 842. The molecule has 1 saturated heterocycles. The molecule has 2 atom stereocenters. The number of carbonyl (C=O) groups is 2. The molecule has 0 radical (unpaired) electrons. The van der Waals surface area contributed by atoms with E-state index in [1.54, 1.807) is 48.0 Å². The Morgan fingerprint density at radius 1 is 1.24 bits per heavy atom. The number of carbonyl (C=O) groups excluding carboxylic acids is 2. The van der Waals surface area contributed by atoms with Crippen LogP contribution in [0, 0.1) is 5.92 Å². The van der Waals surface area contributed by atoms with Crippen molar-refractivity contribution >= 4 is 40.9 Å². The van der Waals surface area contributed by atoms with E-state index in [1.807, 2.05) is 31.2 Å². The summed E-state index contributed by atoms with van der Waals surface area (Å²) in [4.78, 5) is 28.3. The van der Waals surface area contributed by atoms with E-state index in [9.17, 15) is 9.59 Å². The maximum absolute atomic E-state index is 12.7. The summed E-state index contributed by atoms with van der Waals surface area (Å²) in [7, 11) is 1.69. The van der Waals surface area contributed by atoms with Gasteiger partial charge in [-0.25, -0.2) is 0 Å². The number of ether oxygens (including phenoxy) is 1. The zero-order valence-corrected chi connectivity index (χ0v) is 18.1. The van der Waals surface area contributed by atoms with Crippen molar-refractivity contribution < 1.29 is 14.3 Å². The van der Waals surface area contributed by atoms with E-state index < -0.39 is 5.92 Å². The summed E-state index contributed by atoms with van der Waals surface area (Å²) in [5.74, 6) is -0.146. The van der Waals surface area contributed by atoms with Gasteiger partial charge in [0, 0.05) is 35.0 Å². The molecule has 1 aliphatic rings. The van der Waals surface area contributed by atoms with Gasteiger partial charge in [0.25, 0.3) is 0 Å². The van der Waals surface area contributed by atoms with Crippen molar-refractivity contribution in [2.24, 2.45) is 5.92 Å². The van der Waals surface area contributed by atoms with Crippen molar-refractivity contribution in [3.05, 3.63) is 59.1 Å². The van der Waals surface area contributed by atoms with Crippen LogP contribution < -0.4 is 10.2 Å². The van der Waals surface area contributed by atoms with Crippen LogP contribution in [0.15, 0.2) is 53.4 Å². The highest BCUT2D eigenvalue weighted by Gasteiger charge is 2.38. The maximum atomic E-state index is 12.7. The number of anilines is 1. The molecule has 0 aromatic heterocycles. The maximum Gasteiger partial charge on any atom is 0.239 e. The molecule has 2 aromatic rings. The highest BCUT2D eigenvalue weighted by atomic mass is 35.5. The van der Waals surface area contributed by atoms with Crippen molar-refractivity contribution in [2.45, 2.75) is 24.3 Å². The first-order chi connectivity index (χ1) is 14.0. The number of hydrogen-bond donors (Lipinski definition) is 1. The predicted octanol–water partition coefficient (Wildman–Crippen LogP) is 4.31. The van der Waals surface area contributed by atoms with Crippen LogP contribution in [0.1, 0.15) is 24.9 Å². The second kappa shape index (κ2) is 10.1. The summed E-state index contributed by atoms with van der Waals surface area (Å²) in [5.41, 5.74) is 1.78. The molecule has 0 aliphatic carbocycles. The van der Waals surface area contributed by atoms with Crippen LogP contribution in [0.3, 0.4) is 0 Å². The van der Waals surface area contributed by atoms with E-state index in [0.29, 0.717) is 24.6 Å². The fourth-order valence-corrected chi connectivity index (χ4v) is 4.23. The molecule has 2 amide bonds. The van der Waals surface area contributed by atoms with Crippen molar-refractivity contribution in [1.29, 1.82) is 0 Å². The van der Waals surface area contributed by atoms with Crippen molar-refractivity contribution in [1.82, 2.24) is 5.32 Å². The summed E-state index contributed by atoms with van der Waals surface area (Å²) < 4.78 is 5.06. The number of nitrogens with one attached hydrogen (secondary N) is 1. The van der Waals surface area contributed by atoms with Crippen LogP contribution in [0.4, 0.5) is 5.69 Å². The molecule has 2 unspecified atom stereocenters. The number of methoxy groups -OCH3 is 1. The van der Waals surface area contributed by atoms with Crippen molar-refractivity contribution in [3.63, 3.8) is 0 Å². The average Bonchev–Trinajstić information content (AvgIpc) is 3.11. The van der Waals surface area contributed by atoms with Gasteiger partial charge in [-0.15, -0.1) is 11.8 Å². The minimum Gasteiger partial charge on any atom is -0.384 e. The van der Waals surface area contributed by atoms with E-state index in [4.69, 9.17) is 16.3 Å². The number of amides is 2. The molecule has 5 nitrogen and oxygen atoms in total. The van der Waals surface area contributed by atoms with E-state index >= 15 is 0 Å². The lowest BCUT2D eigenvalue weighted by Gasteiger charge is -2.19. The highest BCUT2D eigenvalue weighted by Crippen LogP contribution is 2.27. The summed E-state index contributed by atoms with van der Waals surface area (Å²) >= 11 is 7.64. The molecule has 3 rings (SSSR count). The largest absolute Gasteiger partial charge is 0.384 e. The number of halogens is 1. The molecule has 154 valence electrons. The Kier molecular flexibility index (Phi) is 7.58. The SMILES string of the molecule is COCCSc1ccc(C(C)NC(=O)C2CCN(c3ccc(Cl)cc3)C2=O)cc1. The normalized spacial score (nSPS) is 17.4. The summed E-state index contributed by atoms with van der Waals surface area (Å²) in [5, 5.41) is 3.60. The molecule has 29 heavy (non-hydrogen) atoms. The van der Waals surface area contributed by atoms with Gasteiger partial charge in [0.1, 0.15) is 5.92 Å². The Labute approximate surface area is 180 Å². The molecular formula is C22H25ClN2O3S. The summed E-state index contributed by atoms with van der Waals surface area (Å²) in [6.07, 6.45) is 0.509. The lowest BCUT2D eigenvalue weighted by Crippen LogP contribution is -2.38. The number of benzene rings is 2. The van der Waals surface area contributed by atoms with E-state index in [2.05, 4.69) is 5.32 Å². The smallest absolute Gasteiger partial charge is 0.239 e. The first kappa shape index (κ1) is 21.7. The molecule has 1 N–H and O–H groups in total. The van der Waals surface area contributed by atoms with Crippen LogP contribution in [0.25, 0.3) is 0 Å². The quantitative estimate of drug-likeness (QED) is 0.383. The first-order valence-corrected chi connectivity index (χ1v) is 10.9. The minimum absolute atomic E-state index is 0.165. The molecule has 1 fully saturated rings. The molecule has 1 heterocycles. The first-order valence-electron chi connectivity index (χ1n) is 9.58. The zero-order chi connectivity index (χ0) is 20.8. The second-order valence-corrected chi connectivity index (χ2v) is 8.55. The monoisotopic (exact) mass is 432 g/mol. The van der Waals surface area contributed by atoms with Crippen LogP contribution in [-0.2, 0) is 14.3 Å². The van der Waals surface area contributed by atoms with Gasteiger partial charge in [-0.3, -0.25) is 9.59 Å². The lowest BCUT2D eigenvalue weighted by atomic mass is 10.0. The Morgan fingerprint density at radius 2 is 1.93 bits per heavy atom. The van der Waals surface area contributed by atoms with Crippen molar-refractivity contribution in [2.75, 3.05) is 30.9 Å². The predicted molar refractivity (Wildman–Crippen MR) is 118 cm³/mol. The topological polar surface area (TPSA) is 58.6 Å². The van der Waals surface area contributed by atoms with E-state index in [-0.39, 0.29) is 17.9 Å². The number of nitrogens with zero attached hydrogens (tertiary/aromatic N) is 1. The summed E-state index contributed by atoms with van der Waals surface area (Å²) in [6.45, 7) is 3.17. The average molecular weight is 433 g/mol. The molecule has 1 aliphatic heterocycles. The van der Waals surface area contributed by atoms with Crippen molar-refractivity contribution in [3.8, 4) is 0 Å². The third-order valence-electron chi connectivity index (χ3n) is 4.96. The van der Waals surface area contributed by atoms with Gasteiger partial charge in [-0.1, -0.05) is 23.7 Å². The Hall–Kier alpha value is -2.02. The molecule has 2 aromatic carbocycles. The van der Waals surface area contributed by atoms with Gasteiger partial charge < -0.3 is 15.0 Å². The standard InChI is InChI=1S/C22H25ClN2O3S/c1-15(16-3-9-19(10-4-16)29-14-13-28-2)24-21(26)20-11-12-25(22(20)27)18-7-5-17(23)6-8-18/h3-10,15,20H,11-14H2,1-2H3,(H,24,26). The van der Waals surface area contributed by atoms with Gasteiger partial charge in [0.05, 0.1) is 12.6 Å². The van der Waals surface area contributed by atoms with E-state index in [0.717, 1.165) is 21.9 Å². The van der Waals surface area contributed by atoms with Crippen LogP contribution in [-0.4, -0.2) is 37.8 Å². The Balaban J connectivity index is 1.57. The van der Waals surface area contributed by atoms with Gasteiger partial charge in [0.15, 0.2) is 0 Å². The van der Waals surface area contributed by atoms with Crippen LogP contribution >= 0.6 is 23.4 Å². The summed E-state index contributed by atoms with van der Waals surface area (Å²) in [6, 6.07) is 15.0. The molecular weight excluding hydrogens is 408 g/mol. The zero-order valence-electron chi connectivity index (χ0n) is 16.6. The molecule has 0 spiro atoms. The van der Waals surface area contributed by atoms with Gasteiger partial charge in [-0.2, -0.15) is 0 Å². The van der Waals surface area contributed by atoms with Gasteiger partial charge in [-0.05, 0) is 55.3 Å². The highest BCUT2D eigenvalue weighted by molar-refractivity contribution is 7.99. The van der Waals surface area contributed by atoms with Crippen LogP contribution in [0.5, 0.6) is 0 Å². The second-order valence-electron chi connectivity index (χ2n) is 6.95. The minimum atomic E-state index is -0.656. The third kappa shape index (κ3) is 5.53. The van der Waals surface area contributed by atoms with Gasteiger partial charge in [0.2, 0.25) is 11.8 Å². The van der Waals surface area contributed by atoms with E-state index in [1.165, 1.54) is 0 Å². The number of hydrogen-bond acceptors (Lipinski definition) is 4. The number of rotatable bonds is 8. The fourth-order valence-electron chi connectivity index (χ4n) is 3.29. The fraction of sp³-hybridized carbons (Fsp3) is 0.364. The lowest BCUT2D eigenvalue weighted by molar-refractivity contribution is -0.132. The third-order valence-corrected chi connectivity index (χ3v) is 6.18. The molecule has 7 heteroatoms. The molecule has 0 saturated carbocycles. The number of thioether (sulfide) groups is 1. The Morgan fingerprint density at radius 3 is 2.59 bits per heavy atom. The van der Waals surface area contributed by atoms with Gasteiger partial charge >= 0.3 is 0 Å².